The summed E-state index contributed by atoms with van der Waals surface area (Å²) in [7, 11) is 5.24. The molecule has 1 spiro atoms. The number of amides is 1. The molecular weight excluding hydrogens is 945 g/mol. The molecule has 15 nitrogen and oxygen atoms in total. The maximum atomic E-state index is 15.1. The molecule has 8 aliphatic rings. The van der Waals surface area contributed by atoms with Crippen molar-refractivity contribution >= 4 is 50.2 Å². The normalized spacial score (nSPS) is 33.5. The van der Waals surface area contributed by atoms with Crippen molar-refractivity contribution in [1.29, 1.82) is 0 Å². The van der Waals surface area contributed by atoms with E-state index in [1.807, 2.05) is 42.3 Å². The van der Waals surface area contributed by atoms with Crippen LogP contribution in [0.3, 0.4) is 0 Å². The lowest BCUT2D eigenvalue weighted by Crippen LogP contribution is -2.75. The van der Waals surface area contributed by atoms with Gasteiger partial charge in [-0.3, -0.25) is 9.59 Å². The molecule has 4 aliphatic heterocycles. The predicted molar refractivity (Wildman–Crippen MR) is 272 cm³/mol. The van der Waals surface area contributed by atoms with Crippen LogP contribution in [0.15, 0.2) is 85.9 Å². The zero-order chi connectivity index (χ0) is 50.0. The summed E-state index contributed by atoms with van der Waals surface area (Å²) >= 11 is 0. The van der Waals surface area contributed by atoms with E-state index < -0.39 is 46.7 Å². The summed E-state index contributed by atoms with van der Waals surface area (Å²) in [6.07, 6.45) is 15.2. The largest absolute Gasteiger partial charge is 0.481 e. The molecule has 11 atom stereocenters. The van der Waals surface area contributed by atoms with E-state index in [0.717, 1.165) is 41.5 Å². The highest BCUT2D eigenvalue weighted by molar-refractivity contribution is 8.77. The molecule has 1 saturated heterocycles. The van der Waals surface area contributed by atoms with Gasteiger partial charge in [0.25, 0.3) is 0 Å². The smallest absolute Gasteiger partial charge is 0.340 e. The van der Waals surface area contributed by atoms with Crippen molar-refractivity contribution in [3.05, 3.63) is 98.2 Å². The molecule has 5 heterocycles. The van der Waals surface area contributed by atoms with Crippen LogP contribution < -0.4 is 26.7 Å². The van der Waals surface area contributed by atoms with Crippen molar-refractivity contribution in [2.24, 2.45) is 35.3 Å². The molecular formula is C54H68N4O11S2. The summed E-state index contributed by atoms with van der Waals surface area (Å²) in [5.74, 6) is -1.30. The lowest BCUT2D eigenvalue weighted by molar-refractivity contribution is -0.202. The Kier molecular flexibility index (Phi) is 14.0. The Labute approximate surface area is 422 Å². The topological polar surface area (TPSA) is 234 Å². The molecule has 2 aromatic rings. The third-order valence-electron chi connectivity index (χ3n) is 17.9. The zero-order valence-corrected chi connectivity index (χ0v) is 42.5. The van der Waals surface area contributed by atoms with Crippen LogP contribution in [0, 0.1) is 29.6 Å². The number of nitrogens with zero attached hydrogens (tertiary/aromatic N) is 1. The van der Waals surface area contributed by atoms with Crippen LogP contribution in [0.1, 0.15) is 89.2 Å². The Balaban J connectivity index is 1.14. The van der Waals surface area contributed by atoms with Crippen LogP contribution in [-0.2, 0) is 31.0 Å². The Morgan fingerprint density at radius 3 is 2.63 bits per heavy atom. The van der Waals surface area contributed by atoms with Gasteiger partial charge in [-0.15, -0.1) is 0 Å². The van der Waals surface area contributed by atoms with Crippen molar-refractivity contribution in [1.82, 2.24) is 15.5 Å². The molecule has 4 aliphatic carbocycles. The van der Waals surface area contributed by atoms with Gasteiger partial charge in [-0.2, -0.15) is 0 Å². The number of dihydropyridines is 1. The number of carbonyl (C=O) groups is 3. The summed E-state index contributed by atoms with van der Waals surface area (Å²) in [6, 6.07) is 5.22. The maximum absolute atomic E-state index is 15.1. The fourth-order valence-corrected chi connectivity index (χ4v) is 17.4. The quantitative estimate of drug-likeness (QED) is 0.0505. The minimum absolute atomic E-state index is 0.0174. The van der Waals surface area contributed by atoms with Gasteiger partial charge in [0, 0.05) is 102 Å². The second kappa shape index (κ2) is 19.8. The first kappa shape index (κ1) is 50.2. The molecule has 71 heavy (non-hydrogen) atoms. The lowest BCUT2D eigenvalue weighted by atomic mass is 9.57. The maximum Gasteiger partial charge on any atom is 0.340 e. The van der Waals surface area contributed by atoms with Gasteiger partial charge in [-0.05, 0) is 99.9 Å². The number of aliphatic hydroxyl groups excluding tert-OH is 4. The van der Waals surface area contributed by atoms with Crippen LogP contribution in [-0.4, -0.2) is 123 Å². The number of hydrogen-bond donors (Lipinski definition) is 7. The number of ether oxygens (including phenoxy) is 2. The summed E-state index contributed by atoms with van der Waals surface area (Å²) in [4.78, 5) is 59.6. The van der Waals surface area contributed by atoms with E-state index in [1.165, 1.54) is 0 Å². The number of esters is 1. The van der Waals surface area contributed by atoms with Crippen molar-refractivity contribution in [2.45, 2.75) is 124 Å². The number of nitrogens with two attached hydrogens (primary N) is 1. The van der Waals surface area contributed by atoms with Crippen LogP contribution in [0.4, 0.5) is 0 Å². The number of fused-ring (bicyclic) bond motifs is 7. The fraction of sp³-hybridized carbons (Fsp3) is 0.593. The minimum Gasteiger partial charge on any atom is -0.481 e. The van der Waals surface area contributed by atoms with Gasteiger partial charge in [0.1, 0.15) is 11.3 Å². The molecule has 382 valence electrons. The molecule has 3 fully saturated rings. The average Bonchev–Trinajstić information content (AvgIpc) is 3.72. The minimum atomic E-state index is -1.60. The number of nitrogens with one attached hydrogen (secondary N) is 2. The number of allylic oxidation sites excluding steroid dienone is 3. The molecule has 10 rings (SSSR count). The van der Waals surface area contributed by atoms with Crippen molar-refractivity contribution < 1.29 is 48.7 Å². The number of benzene rings is 1. The van der Waals surface area contributed by atoms with Gasteiger partial charge >= 0.3 is 11.6 Å². The first-order valence-electron chi connectivity index (χ1n) is 25.5. The third-order valence-corrected chi connectivity index (χ3v) is 20.7. The van der Waals surface area contributed by atoms with Crippen LogP contribution in [0.2, 0.25) is 0 Å². The molecule has 1 aromatic heterocycles. The number of rotatable bonds is 12. The second-order valence-electron chi connectivity index (χ2n) is 21.2. The molecule has 17 heteroatoms. The van der Waals surface area contributed by atoms with Gasteiger partial charge in [0.15, 0.2) is 17.0 Å². The fourth-order valence-electron chi connectivity index (χ4n) is 14.3. The molecule has 2 bridgehead atoms. The Morgan fingerprint density at radius 2 is 1.92 bits per heavy atom. The highest BCUT2D eigenvalue weighted by atomic mass is 33.1. The molecule has 0 unspecified atom stereocenters. The SMILES string of the molecule is C/C=C(\CCO)C(=O)O[C@]1(C)[C@@H](CO)C=C2CSS[C@H]3C[C@@H]4C(=O)C=C[C@H]5[C@@H]([C@@H]4NC)[C@@H]3N5C(=O)CC3=C(C=C(N)NC3)[C@H]2[C@]12Cc1cc3cc(C4([C@H](CO)CCCO)CCCCC4)c(=O)oc3cc1O2. The molecule has 8 N–H and O–H groups in total. The highest BCUT2D eigenvalue weighted by Gasteiger charge is 2.68. The summed E-state index contributed by atoms with van der Waals surface area (Å²) in [5, 5.41) is 49.6. The first-order valence-corrected chi connectivity index (χ1v) is 27.9. The van der Waals surface area contributed by atoms with Crippen molar-refractivity contribution in [3.8, 4) is 5.75 Å². The summed E-state index contributed by atoms with van der Waals surface area (Å²) < 4.78 is 20.5. The van der Waals surface area contributed by atoms with Gasteiger partial charge < -0.3 is 55.6 Å². The number of aliphatic hydroxyl groups is 4. The predicted octanol–water partition coefficient (Wildman–Crippen LogP) is 4.64. The number of hydrogen-bond acceptors (Lipinski definition) is 16. The van der Waals surface area contributed by atoms with Gasteiger partial charge in [0.05, 0.1) is 36.9 Å². The van der Waals surface area contributed by atoms with E-state index in [-0.39, 0.29) is 104 Å². The van der Waals surface area contributed by atoms with Crippen LogP contribution in [0.25, 0.3) is 11.0 Å². The van der Waals surface area contributed by atoms with Gasteiger partial charge in [-0.25, -0.2) is 9.59 Å². The number of ketones is 1. The number of carbonyl (C=O) groups excluding carboxylic acids is 3. The monoisotopic (exact) mass is 1010 g/mol. The lowest BCUT2D eigenvalue weighted by Gasteiger charge is -2.62. The Hall–Kier alpha value is -4.36. The average molecular weight is 1010 g/mol. The van der Waals surface area contributed by atoms with Gasteiger partial charge in [-0.1, -0.05) is 64.7 Å². The van der Waals surface area contributed by atoms with E-state index in [0.29, 0.717) is 66.0 Å². The molecule has 0 radical (unpaired) electrons. The van der Waals surface area contributed by atoms with Crippen LogP contribution in [0.5, 0.6) is 5.75 Å². The van der Waals surface area contributed by atoms with E-state index in [9.17, 15) is 34.8 Å². The molecule has 2 saturated carbocycles. The highest BCUT2D eigenvalue weighted by Crippen LogP contribution is 2.60. The Bertz CT molecular complexity index is 2690. The summed E-state index contributed by atoms with van der Waals surface area (Å²) in [6.45, 7) is 2.93. The van der Waals surface area contributed by atoms with Gasteiger partial charge in [0.2, 0.25) is 5.91 Å². The first-order chi connectivity index (χ1) is 34.3. The Morgan fingerprint density at radius 1 is 1.11 bits per heavy atom. The van der Waals surface area contributed by atoms with E-state index >= 15 is 4.79 Å². The molecule has 1 amide bonds. The van der Waals surface area contributed by atoms with Crippen LogP contribution >= 0.6 is 21.6 Å². The van der Waals surface area contributed by atoms with E-state index in [2.05, 4.69) is 10.6 Å². The van der Waals surface area contributed by atoms with E-state index in [4.69, 9.17) is 19.6 Å². The zero-order valence-electron chi connectivity index (χ0n) is 40.8. The molecule has 1 aromatic carbocycles. The van der Waals surface area contributed by atoms with Crippen molar-refractivity contribution in [3.63, 3.8) is 0 Å². The van der Waals surface area contributed by atoms with Crippen molar-refractivity contribution in [2.75, 3.05) is 45.8 Å². The second-order valence-corrected chi connectivity index (χ2v) is 23.8. The summed E-state index contributed by atoms with van der Waals surface area (Å²) in [5.41, 5.74) is 6.75. The standard InChI is InChI=1S/C54H68N4O11S2/c1-4-29(12-16-60)50(65)69-52(2)35(27-62)18-33-28-70-71-43-21-37-40(63)11-10-39-46(48(37)56-3)49(43)58(39)45(64)20-32-25-57-44(55)22-36(32)47(33)54(52)24-31-17-30-19-38(51(66)67-41(30)23-42(31)68-54)53(13-6-5-7-14-53)34(26-61)9-8-15-59/h4,10-11,17-19,22-23,34-35,37,39,43,46-49,56-57,59-62H,5-9,12-16,20-21,24-28,55H2,1-3H3/b29-4+/t34-,35+,37+,39-,43-,46-,47-,48+,49+,52+,54+/m0/s1. The third kappa shape index (κ3) is 8.15. The van der Waals surface area contributed by atoms with E-state index in [1.54, 1.807) is 53.7 Å².